The van der Waals surface area contributed by atoms with Gasteiger partial charge in [0.2, 0.25) is 0 Å². The number of hydrogen-bond donors (Lipinski definition) is 1. The lowest BCUT2D eigenvalue weighted by Gasteiger charge is -2.01. The SMILES string of the molecule is Br.Br.Cc1ncc(CCBr)c(N)n1. The van der Waals surface area contributed by atoms with Crippen molar-refractivity contribution in [3.05, 3.63) is 17.6 Å². The maximum absolute atomic E-state index is 5.64. The Kier molecular flexibility index (Phi) is 9.34. The topological polar surface area (TPSA) is 51.8 Å². The molecule has 0 aliphatic carbocycles. The zero-order chi connectivity index (χ0) is 8.27. The Balaban J connectivity index is 0. The molecule has 3 nitrogen and oxygen atoms in total. The Morgan fingerprint density at radius 2 is 2.08 bits per heavy atom. The van der Waals surface area contributed by atoms with Gasteiger partial charge in [-0.2, -0.15) is 0 Å². The molecule has 1 heterocycles. The third-order valence-corrected chi connectivity index (χ3v) is 1.78. The van der Waals surface area contributed by atoms with Crippen molar-refractivity contribution in [2.24, 2.45) is 0 Å². The summed E-state index contributed by atoms with van der Waals surface area (Å²) in [7, 11) is 0. The van der Waals surface area contributed by atoms with E-state index >= 15 is 0 Å². The lowest BCUT2D eigenvalue weighted by molar-refractivity contribution is 1.01. The monoisotopic (exact) mass is 375 g/mol. The first kappa shape index (κ1) is 15.8. The van der Waals surface area contributed by atoms with E-state index in [-0.39, 0.29) is 34.0 Å². The van der Waals surface area contributed by atoms with Gasteiger partial charge in [-0.25, -0.2) is 9.97 Å². The highest BCUT2D eigenvalue weighted by Crippen LogP contribution is 2.08. The van der Waals surface area contributed by atoms with Gasteiger partial charge in [-0.3, -0.25) is 0 Å². The molecule has 0 atom stereocenters. The highest BCUT2D eigenvalue weighted by atomic mass is 79.9. The average molecular weight is 378 g/mol. The summed E-state index contributed by atoms with van der Waals surface area (Å²) in [6.07, 6.45) is 2.66. The fourth-order valence-electron chi connectivity index (χ4n) is 0.807. The first-order valence-electron chi connectivity index (χ1n) is 3.38. The number of nitrogens with two attached hydrogens (primary N) is 1. The summed E-state index contributed by atoms with van der Waals surface area (Å²) >= 11 is 3.33. The van der Waals surface area contributed by atoms with E-state index in [1.807, 2.05) is 6.92 Å². The summed E-state index contributed by atoms with van der Waals surface area (Å²) in [5.74, 6) is 1.32. The van der Waals surface area contributed by atoms with Gasteiger partial charge in [0, 0.05) is 17.1 Å². The molecule has 2 N–H and O–H groups in total. The van der Waals surface area contributed by atoms with Gasteiger partial charge in [-0.05, 0) is 13.3 Å². The molecule has 0 unspecified atom stereocenters. The van der Waals surface area contributed by atoms with Gasteiger partial charge in [-0.1, -0.05) is 15.9 Å². The van der Waals surface area contributed by atoms with Gasteiger partial charge in [0.1, 0.15) is 11.6 Å². The van der Waals surface area contributed by atoms with Gasteiger partial charge >= 0.3 is 0 Å². The lowest BCUT2D eigenvalue weighted by atomic mass is 10.2. The normalized spacial score (nSPS) is 8.46. The molecule has 13 heavy (non-hydrogen) atoms. The Morgan fingerprint density at radius 3 is 2.54 bits per heavy atom. The number of alkyl halides is 1. The molecule has 0 aromatic carbocycles. The predicted octanol–water partition coefficient (Wildman–Crippen LogP) is 2.46. The van der Waals surface area contributed by atoms with Crippen molar-refractivity contribution in [3.63, 3.8) is 0 Å². The minimum Gasteiger partial charge on any atom is -0.383 e. The van der Waals surface area contributed by atoms with Crippen molar-refractivity contribution in [2.75, 3.05) is 11.1 Å². The molecule has 0 bridgehead atoms. The molecule has 1 aromatic heterocycles. The lowest BCUT2D eigenvalue weighted by Crippen LogP contribution is -2.01. The molecule has 1 aromatic rings. The number of aromatic nitrogens is 2. The van der Waals surface area contributed by atoms with Crippen LogP contribution in [0.5, 0.6) is 0 Å². The van der Waals surface area contributed by atoms with Crippen molar-refractivity contribution >= 4 is 55.7 Å². The minimum atomic E-state index is 0. The Hall–Kier alpha value is 0.320. The summed E-state index contributed by atoms with van der Waals surface area (Å²) < 4.78 is 0. The molecule has 0 aliphatic rings. The molecule has 0 spiro atoms. The van der Waals surface area contributed by atoms with Crippen molar-refractivity contribution in [3.8, 4) is 0 Å². The molecular weight excluding hydrogens is 366 g/mol. The highest BCUT2D eigenvalue weighted by Gasteiger charge is 1.99. The van der Waals surface area contributed by atoms with Gasteiger partial charge in [0.05, 0.1) is 0 Å². The summed E-state index contributed by atoms with van der Waals surface area (Å²) in [5, 5.41) is 0.892. The number of nitrogens with zero attached hydrogens (tertiary/aromatic N) is 2. The number of rotatable bonds is 2. The molecular formula is C7H12Br3N3. The maximum Gasteiger partial charge on any atom is 0.130 e. The Labute approximate surface area is 107 Å². The zero-order valence-corrected chi connectivity index (χ0v) is 12.2. The van der Waals surface area contributed by atoms with E-state index in [4.69, 9.17) is 5.73 Å². The van der Waals surface area contributed by atoms with Crippen LogP contribution in [-0.2, 0) is 6.42 Å². The van der Waals surface area contributed by atoms with E-state index in [1.54, 1.807) is 6.20 Å². The second-order valence-corrected chi connectivity index (χ2v) is 3.06. The molecule has 0 saturated heterocycles. The third kappa shape index (κ3) is 4.93. The van der Waals surface area contributed by atoms with E-state index < -0.39 is 0 Å². The van der Waals surface area contributed by atoms with Crippen LogP contribution in [0.25, 0.3) is 0 Å². The molecule has 1 rings (SSSR count). The van der Waals surface area contributed by atoms with Crippen molar-refractivity contribution < 1.29 is 0 Å². The second kappa shape index (κ2) is 7.70. The standard InChI is InChI=1S/C7H10BrN3.2BrH/c1-5-10-4-6(2-3-8)7(9)11-5;;/h4H,2-3H2,1H3,(H2,9,10,11);2*1H. The van der Waals surface area contributed by atoms with Crippen LogP contribution in [0.2, 0.25) is 0 Å². The second-order valence-electron chi connectivity index (χ2n) is 2.27. The Bertz CT molecular complexity index is 255. The summed E-state index contributed by atoms with van der Waals surface area (Å²) in [4.78, 5) is 8.08. The number of aryl methyl sites for hydroxylation is 2. The van der Waals surface area contributed by atoms with Gasteiger partial charge < -0.3 is 5.73 Å². The van der Waals surface area contributed by atoms with E-state index in [0.717, 1.165) is 23.1 Å². The molecule has 0 amide bonds. The number of anilines is 1. The molecule has 76 valence electrons. The Morgan fingerprint density at radius 1 is 1.46 bits per heavy atom. The van der Waals surface area contributed by atoms with E-state index in [0.29, 0.717) is 5.82 Å². The highest BCUT2D eigenvalue weighted by molar-refractivity contribution is 9.09. The van der Waals surface area contributed by atoms with Crippen LogP contribution in [0, 0.1) is 6.92 Å². The zero-order valence-electron chi connectivity index (χ0n) is 7.16. The first-order valence-corrected chi connectivity index (χ1v) is 4.50. The van der Waals surface area contributed by atoms with Crippen LogP contribution in [0.4, 0.5) is 5.82 Å². The van der Waals surface area contributed by atoms with Crippen LogP contribution in [0.1, 0.15) is 11.4 Å². The predicted molar refractivity (Wildman–Crippen MR) is 69.3 cm³/mol. The van der Waals surface area contributed by atoms with Crippen LogP contribution in [0.3, 0.4) is 0 Å². The van der Waals surface area contributed by atoms with E-state index in [2.05, 4.69) is 25.9 Å². The molecule has 0 fully saturated rings. The smallest absolute Gasteiger partial charge is 0.130 e. The summed E-state index contributed by atoms with van der Waals surface area (Å²) in [5.41, 5.74) is 6.64. The molecule has 0 aliphatic heterocycles. The fourth-order valence-corrected chi connectivity index (χ4v) is 1.23. The van der Waals surface area contributed by atoms with Crippen molar-refractivity contribution in [1.29, 1.82) is 0 Å². The molecule has 0 saturated carbocycles. The first-order chi connectivity index (χ1) is 5.24. The fraction of sp³-hybridized carbons (Fsp3) is 0.429. The molecule has 6 heteroatoms. The van der Waals surface area contributed by atoms with E-state index in [1.165, 1.54) is 0 Å². The number of hydrogen-bond acceptors (Lipinski definition) is 3. The van der Waals surface area contributed by atoms with Gasteiger partial charge in [0.25, 0.3) is 0 Å². The number of nitrogen functional groups attached to an aromatic ring is 1. The van der Waals surface area contributed by atoms with Crippen molar-refractivity contribution in [2.45, 2.75) is 13.3 Å². The largest absolute Gasteiger partial charge is 0.383 e. The number of halogens is 3. The average Bonchev–Trinajstić information content (AvgIpc) is 1.95. The van der Waals surface area contributed by atoms with E-state index in [9.17, 15) is 0 Å². The quantitative estimate of drug-likeness (QED) is 0.805. The molecule has 0 radical (unpaired) electrons. The van der Waals surface area contributed by atoms with Gasteiger partial charge in [-0.15, -0.1) is 34.0 Å². The van der Waals surface area contributed by atoms with Crippen LogP contribution >= 0.6 is 49.9 Å². The summed E-state index contributed by atoms with van der Waals surface area (Å²) in [6.45, 7) is 1.83. The minimum absolute atomic E-state index is 0. The third-order valence-electron chi connectivity index (χ3n) is 1.38. The maximum atomic E-state index is 5.64. The summed E-state index contributed by atoms with van der Waals surface area (Å²) in [6, 6.07) is 0. The van der Waals surface area contributed by atoms with Crippen molar-refractivity contribution in [1.82, 2.24) is 9.97 Å². The van der Waals surface area contributed by atoms with Crippen LogP contribution in [-0.4, -0.2) is 15.3 Å². The van der Waals surface area contributed by atoms with Gasteiger partial charge in [0.15, 0.2) is 0 Å². The van der Waals surface area contributed by atoms with Crippen LogP contribution < -0.4 is 5.73 Å². The van der Waals surface area contributed by atoms with Crippen LogP contribution in [0.15, 0.2) is 6.20 Å².